The van der Waals surface area contributed by atoms with E-state index in [4.69, 9.17) is 10.5 Å². The molecule has 1 aliphatic rings. The van der Waals surface area contributed by atoms with Gasteiger partial charge in [-0.2, -0.15) is 13.2 Å². The lowest BCUT2D eigenvalue weighted by molar-refractivity contribution is -0.137. The Kier molecular flexibility index (Phi) is 8.15. The molecule has 0 unspecified atom stereocenters. The van der Waals surface area contributed by atoms with Crippen LogP contribution in [0.1, 0.15) is 33.8 Å². The highest BCUT2D eigenvalue weighted by Crippen LogP contribution is 2.38. The minimum atomic E-state index is -4.66. The second-order valence-electron chi connectivity index (χ2n) is 8.52. The number of allylic oxidation sites excluding steroid dienone is 1. The van der Waals surface area contributed by atoms with E-state index in [1.807, 2.05) is 0 Å². The van der Waals surface area contributed by atoms with Gasteiger partial charge in [0.2, 0.25) is 5.13 Å². The molecule has 0 atom stereocenters. The Hall–Kier alpha value is -4.44. The van der Waals surface area contributed by atoms with Crippen molar-refractivity contribution in [2.45, 2.75) is 25.6 Å². The number of aromatic nitrogens is 3. The van der Waals surface area contributed by atoms with Crippen LogP contribution in [-0.4, -0.2) is 41.0 Å². The van der Waals surface area contributed by atoms with E-state index in [9.17, 15) is 22.8 Å². The lowest BCUT2D eigenvalue weighted by Crippen LogP contribution is -2.25. The fourth-order valence-corrected chi connectivity index (χ4v) is 4.17. The van der Waals surface area contributed by atoms with Crippen LogP contribution < -0.4 is 21.3 Å². The van der Waals surface area contributed by atoms with Crippen LogP contribution in [0.15, 0.2) is 52.0 Å². The van der Waals surface area contributed by atoms with Crippen molar-refractivity contribution in [3.05, 3.63) is 68.7 Å². The average Bonchev–Trinajstić information content (AvgIpc) is 3.64. The third-order valence-electron chi connectivity index (χ3n) is 5.66. The minimum absolute atomic E-state index is 0.0260. The molecule has 0 bridgehead atoms. The van der Waals surface area contributed by atoms with E-state index < -0.39 is 23.2 Å². The number of nitrogens with one attached hydrogen (secondary N) is 1. The van der Waals surface area contributed by atoms with E-state index in [0.29, 0.717) is 16.5 Å². The fourth-order valence-electron chi connectivity index (χ4n) is 3.57. The van der Waals surface area contributed by atoms with E-state index >= 15 is 0 Å². The first-order chi connectivity index (χ1) is 18.6. The van der Waals surface area contributed by atoms with Crippen LogP contribution in [-0.2, 0) is 12.7 Å². The quantitative estimate of drug-likeness (QED) is 0.336. The number of halogens is 3. The standard InChI is InChI=1S/C26H23F3N6O3S/c1-31-12-16(11-30)13-35-14-20(18-9-17(26(27,28)29)6-7-21(18)38-2)19(10-23(35)36)24(37)32-25-34-33-22(39-25)8-5-15-3-4-15/h6-7,9-12,14-15H,3-4,13,30H2,1-2H3,(H,32,34,37). The van der Waals surface area contributed by atoms with Crippen molar-refractivity contribution < 1.29 is 22.7 Å². The zero-order valence-corrected chi connectivity index (χ0v) is 21.7. The van der Waals surface area contributed by atoms with Crippen molar-refractivity contribution in [3.63, 3.8) is 0 Å². The van der Waals surface area contributed by atoms with Gasteiger partial charge in [-0.15, -0.1) is 10.2 Å². The number of hydrogen-bond donors (Lipinski definition) is 2. The van der Waals surface area contributed by atoms with Gasteiger partial charge < -0.3 is 15.0 Å². The number of carbonyl (C=O) groups is 1. The van der Waals surface area contributed by atoms with Gasteiger partial charge >= 0.3 is 6.18 Å². The summed E-state index contributed by atoms with van der Waals surface area (Å²) < 4.78 is 47.3. The van der Waals surface area contributed by atoms with Gasteiger partial charge in [0.25, 0.3) is 11.5 Å². The van der Waals surface area contributed by atoms with Crippen LogP contribution in [0, 0.1) is 17.8 Å². The Bertz CT molecular complexity index is 1580. The van der Waals surface area contributed by atoms with Crippen LogP contribution in [0.25, 0.3) is 11.1 Å². The molecule has 2 aromatic heterocycles. The highest BCUT2D eigenvalue weighted by molar-refractivity contribution is 7.15. The summed E-state index contributed by atoms with van der Waals surface area (Å²) in [6, 6.07) is 3.93. The van der Waals surface area contributed by atoms with Crippen molar-refractivity contribution in [3.8, 4) is 28.7 Å². The number of hydrogen-bond acceptors (Lipinski definition) is 8. The smallest absolute Gasteiger partial charge is 0.416 e. The van der Waals surface area contributed by atoms with Crippen molar-refractivity contribution in [1.29, 1.82) is 0 Å². The monoisotopic (exact) mass is 556 g/mol. The molecule has 3 aromatic rings. The molecule has 202 valence electrons. The van der Waals surface area contributed by atoms with Crippen LogP contribution >= 0.6 is 11.3 Å². The molecule has 3 N–H and O–H groups in total. The van der Waals surface area contributed by atoms with E-state index in [1.54, 1.807) is 0 Å². The summed E-state index contributed by atoms with van der Waals surface area (Å²) in [6.45, 7) is -0.0394. The number of methoxy groups -OCH3 is 1. The number of anilines is 1. The summed E-state index contributed by atoms with van der Waals surface area (Å²) >= 11 is 1.04. The largest absolute Gasteiger partial charge is 0.496 e. The maximum absolute atomic E-state index is 13.6. The van der Waals surface area contributed by atoms with Gasteiger partial charge in [-0.05, 0) is 37.0 Å². The van der Waals surface area contributed by atoms with Crippen molar-refractivity contribution >= 4 is 28.6 Å². The maximum atomic E-state index is 13.6. The Morgan fingerprint density at radius 1 is 1.31 bits per heavy atom. The molecular weight excluding hydrogens is 533 g/mol. The SMILES string of the molecule is CN=CC(=CN)Cn1cc(-c2cc(C(F)(F)F)ccc2OC)c(C(=O)Nc2nnc(C#CC3CC3)s2)cc1=O. The molecule has 1 amide bonds. The summed E-state index contributed by atoms with van der Waals surface area (Å²) in [6.07, 6.45) is 1.40. The zero-order chi connectivity index (χ0) is 28.2. The molecule has 9 nitrogen and oxygen atoms in total. The van der Waals surface area contributed by atoms with Gasteiger partial charge in [0.15, 0.2) is 5.01 Å². The molecule has 13 heteroatoms. The van der Waals surface area contributed by atoms with Crippen LogP contribution in [0.4, 0.5) is 18.3 Å². The molecule has 0 aliphatic heterocycles. The highest BCUT2D eigenvalue weighted by Gasteiger charge is 2.32. The summed E-state index contributed by atoms with van der Waals surface area (Å²) in [5.41, 5.74) is 4.35. The predicted molar refractivity (Wildman–Crippen MR) is 142 cm³/mol. The number of rotatable bonds is 7. The molecule has 39 heavy (non-hydrogen) atoms. The Labute approximate surface area is 225 Å². The lowest BCUT2D eigenvalue weighted by Gasteiger charge is -2.17. The molecule has 4 rings (SSSR count). The third-order valence-corrected chi connectivity index (χ3v) is 6.41. The minimum Gasteiger partial charge on any atom is -0.496 e. The van der Waals surface area contributed by atoms with Crippen LogP contribution in [0.5, 0.6) is 5.75 Å². The second-order valence-corrected chi connectivity index (χ2v) is 9.50. The molecule has 0 saturated heterocycles. The second kappa shape index (κ2) is 11.5. The molecule has 2 heterocycles. The molecule has 1 aromatic carbocycles. The predicted octanol–water partition coefficient (Wildman–Crippen LogP) is 3.95. The van der Waals surface area contributed by atoms with Crippen molar-refractivity contribution in [2.24, 2.45) is 16.6 Å². The zero-order valence-electron chi connectivity index (χ0n) is 20.9. The molecular formula is C26H23F3N6O3S. The molecule has 1 saturated carbocycles. The Morgan fingerprint density at radius 3 is 2.72 bits per heavy atom. The first-order valence-electron chi connectivity index (χ1n) is 11.6. The first kappa shape index (κ1) is 27.6. The Balaban J connectivity index is 1.80. The number of benzene rings is 1. The third kappa shape index (κ3) is 6.71. The van der Waals surface area contributed by atoms with E-state index in [2.05, 4.69) is 32.3 Å². The molecule has 0 spiro atoms. The fraction of sp³-hybridized carbons (Fsp3) is 0.269. The van der Waals surface area contributed by atoms with E-state index in [0.717, 1.165) is 48.4 Å². The number of amides is 1. The van der Waals surface area contributed by atoms with Crippen molar-refractivity contribution in [2.75, 3.05) is 19.5 Å². The van der Waals surface area contributed by atoms with Gasteiger partial charge in [-0.1, -0.05) is 17.3 Å². The van der Waals surface area contributed by atoms with Crippen molar-refractivity contribution in [1.82, 2.24) is 14.8 Å². The van der Waals surface area contributed by atoms with Gasteiger partial charge in [-0.3, -0.25) is 19.9 Å². The van der Waals surface area contributed by atoms with E-state index in [1.165, 1.54) is 37.3 Å². The summed E-state index contributed by atoms with van der Waals surface area (Å²) in [7, 11) is 2.81. The van der Waals surface area contributed by atoms with Gasteiger partial charge in [-0.25, -0.2) is 0 Å². The van der Waals surface area contributed by atoms with E-state index in [-0.39, 0.29) is 34.1 Å². The maximum Gasteiger partial charge on any atom is 0.416 e. The van der Waals surface area contributed by atoms with Gasteiger partial charge in [0.05, 0.1) is 24.8 Å². The Morgan fingerprint density at radius 2 is 2.08 bits per heavy atom. The molecule has 0 radical (unpaired) electrons. The number of alkyl halides is 3. The average molecular weight is 557 g/mol. The van der Waals surface area contributed by atoms with Gasteiger partial charge in [0, 0.05) is 54.3 Å². The molecule has 1 fully saturated rings. The number of aliphatic imine (C=N–C) groups is 1. The summed E-state index contributed by atoms with van der Waals surface area (Å²) in [4.78, 5) is 30.2. The first-order valence-corrected chi connectivity index (χ1v) is 12.4. The summed E-state index contributed by atoms with van der Waals surface area (Å²) in [5.74, 6) is 5.60. The van der Waals surface area contributed by atoms with Gasteiger partial charge in [0.1, 0.15) is 5.75 Å². The highest BCUT2D eigenvalue weighted by atomic mass is 32.1. The number of nitrogens with two attached hydrogens (primary N) is 1. The number of carbonyl (C=O) groups excluding carboxylic acids is 1. The lowest BCUT2D eigenvalue weighted by atomic mass is 9.98. The summed E-state index contributed by atoms with van der Waals surface area (Å²) in [5, 5.41) is 11.0. The number of nitrogens with zero attached hydrogens (tertiary/aromatic N) is 4. The topological polar surface area (TPSA) is 124 Å². The van der Waals surface area contributed by atoms with Crippen LogP contribution in [0.2, 0.25) is 0 Å². The number of ether oxygens (including phenoxy) is 1. The molecule has 1 aliphatic carbocycles. The number of pyridine rings is 1. The normalized spacial score (nSPS) is 13.7. The van der Waals surface area contributed by atoms with Crippen LogP contribution in [0.3, 0.4) is 0 Å².